The van der Waals surface area contributed by atoms with Crippen molar-refractivity contribution in [2.45, 2.75) is 51.4 Å². The third kappa shape index (κ3) is 6.42. The summed E-state index contributed by atoms with van der Waals surface area (Å²) in [6.45, 7) is 0. The molecule has 0 fully saturated rings. The van der Waals surface area contributed by atoms with Crippen LogP contribution in [0.1, 0.15) is 44.5 Å². The predicted octanol–water partition coefficient (Wildman–Crippen LogP) is 10.9. The van der Waals surface area contributed by atoms with Crippen molar-refractivity contribution in [2.75, 3.05) is 0 Å². The van der Waals surface area contributed by atoms with E-state index in [4.69, 9.17) is 9.97 Å². The van der Waals surface area contributed by atoms with Gasteiger partial charge in [-0.1, -0.05) is 146 Å². The molecule has 0 saturated carbocycles. The summed E-state index contributed by atoms with van der Waals surface area (Å²) in [7, 11) is 0. The maximum Gasteiger partial charge on any atom is 0.0973 e. The van der Waals surface area contributed by atoms with Gasteiger partial charge in [-0.2, -0.15) is 0 Å². The summed E-state index contributed by atoms with van der Waals surface area (Å²) in [5.74, 6) is 0. The Balaban J connectivity index is 1.20. The van der Waals surface area contributed by atoms with Crippen LogP contribution in [-0.2, 0) is 51.4 Å². The summed E-state index contributed by atoms with van der Waals surface area (Å²) < 4.78 is 0. The minimum Gasteiger partial charge on any atom is -0.243 e. The summed E-state index contributed by atoms with van der Waals surface area (Å²) in [6.07, 6.45) is 8.17. The van der Waals surface area contributed by atoms with Gasteiger partial charge in [0.05, 0.1) is 22.8 Å². The zero-order valence-corrected chi connectivity index (χ0v) is 28.4. The third-order valence-electron chi connectivity index (χ3n) is 10.7. The number of benzene rings is 6. The van der Waals surface area contributed by atoms with Crippen molar-refractivity contribution in [3.05, 3.63) is 190 Å². The average Bonchev–Trinajstić information content (AvgIpc) is 3.18. The van der Waals surface area contributed by atoms with E-state index in [1.165, 1.54) is 44.5 Å². The summed E-state index contributed by atoms with van der Waals surface area (Å²) in [4.78, 5) is 11.1. The van der Waals surface area contributed by atoms with E-state index in [9.17, 15) is 0 Å². The van der Waals surface area contributed by atoms with Crippen LogP contribution in [0.5, 0.6) is 0 Å². The monoisotopic (exact) mass is 644 g/mol. The second-order valence-corrected chi connectivity index (χ2v) is 14.0. The van der Waals surface area contributed by atoms with Gasteiger partial charge in [-0.3, -0.25) is 0 Å². The number of fused-ring (bicyclic) bond motifs is 3. The lowest BCUT2D eigenvalue weighted by atomic mass is 9.95. The molecule has 17 rings (SSSR count). The molecule has 242 valence electrons. The molecule has 0 spiro atoms. The largest absolute Gasteiger partial charge is 0.243 e. The van der Waals surface area contributed by atoms with E-state index >= 15 is 0 Å². The van der Waals surface area contributed by atoms with Crippen molar-refractivity contribution in [1.82, 2.24) is 9.97 Å². The van der Waals surface area contributed by atoms with Crippen LogP contribution in [0.2, 0.25) is 0 Å². The fourth-order valence-corrected chi connectivity index (χ4v) is 7.46. The Labute approximate surface area is 295 Å². The Kier molecular flexibility index (Phi) is 8.14. The van der Waals surface area contributed by atoms with E-state index in [-0.39, 0.29) is 0 Å². The summed E-state index contributed by atoms with van der Waals surface area (Å²) in [5, 5.41) is 0. The zero-order chi connectivity index (χ0) is 33.3. The smallest absolute Gasteiger partial charge is 0.0973 e. The van der Waals surface area contributed by atoms with Gasteiger partial charge in [0.1, 0.15) is 0 Å². The molecule has 2 nitrogen and oxygen atoms in total. The topological polar surface area (TPSA) is 25.8 Å². The second-order valence-electron chi connectivity index (χ2n) is 14.0. The maximum atomic E-state index is 5.56. The molecule has 0 saturated heterocycles. The van der Waals surface area contributed by atoms with Crippen LogP contribution in [0.3, 0.4) is 0 Å². The van der Waals surface area contributed by atoms with E-state index < -0.39 is 0 Å². The lowest BCUT2D eigenvalue weighted by Crippen LogP contribution is -2.02. The number of nitrogens with zero attached hydrogens (tertiary/aromatic N) is 2. The van der Waals surface area contributed by atoms with Crippen molar-refractivity contribution in [3.63, 3.8) is 0 Å². The molecule has 0 atom stereocenters. The molecule has 2 heteroatoms. The van der Waals surface area contributed by atoms with Crippen LogP contribution in [0.15, 0.2) is 146 Å². The molecule has 1 heterocycles. The summed E-state index contributed by atoms with van der Waals surface area (Å²) >= 11 is 0. The van der Waals surface area contributed by atoms with Gasteiger partial charge < -0.3 is 0 Å². The third-order valence-corrected chi connectivity index (χ3v) is 10.7. The first-order valence-electron chi connectivity index (χ1n) is 18.2. The van der Waals surface area contributed by atoms with Gasteiger partial charge in [0.25, 0.3) is 0 Å². The van der Waals surface area contributed by atoms with Gasteiger partial charge in [-0.25, -0.2) is 9.97 Å². The Morgan fingerprint density at radius 3 is 0.500 bits per heavy atom. The minimum atomic E-state index is 0.921. The van der Waals surface area contributed by atoms with Crippen LogP contribution in [-0.4, -0.2) is 9.97 Å². The molecule has 0 unspecified atom stereocenters. The Bertz CT molecular complexity index is 1920. The number of aryl methyl sites for hydroxylation is 8. The van der Waals surface area contributed by atoms with E-state index in [1.54, 1.807) is 0 Å². The van der Waals surface area contributed by atoms with Crippen molar-refractivity contribution in [1.29, 1.82) is 0 Å². The van der Waals surface area contributed by atoms with Crippen LogP contribution < -0.4 is 0 Å². The van der Waals surface area contributed by atoms with Crippen LogP contribution in [0.25, 0.3) is 45.0 Å². The highest BCUT2D eigenvalue weighted by Crippen LogP contribution is 2.38. The number of aromatic nitrogens is 2. The first-order valence-corrected chi connectivity index (χ1v) is 18.2. The Morgan fingerprint density at radius 2 is 0.340 bits per heavy atom. The van der Waals surface area contributed by atoms with Crippen molar-refractivity contribution in [3.8, 4) is 45.0 Å². The van der Waals surface area contributed by atoms with Gasteiger partial charge >= 0.3 is 0 Å². The van der Waals surface area contributed by atoms with E-state index in [1.807, 2.05) is 0 Å². The highest BCUT2D eigenvalue weighted by Gasteiger charge is 2.20. The first-order chi connectivity index (χ1) is 24.7. The van der Waals surface area contributed by atoms with E-state index in [2.05, 4.69) is 146 Å². The van der Waals surface area contributed by atoms with E-state index in [0.29, 0.717) is 0 Å². The normalized spacial score (nSPS) is 13.8. The van der Waals surface area contributed by atoms with Crippen LogP contribution in [0, 0.1) is 0 Å². The van der Waals surface area contributed by atoms with Crippen LogP contribution in [0.4, 0.5) is 0 Å². The molecular formula is C48H40N2. The molecule has 12 bridgehead atoms. The molecule has 0 aliphatic heterocycles. The van der Waals surface area contributed by atoms with Crippen molar-refractivity contribution >= 4 is 0 Å². The molecule has 6 aromatic carbocycles. The van der Waals surface area contributed by atoms with Gasteiger partial charge in [0, 0.05) is 22.3 Å². The molecule has 0 amide bonds. The van der Waals surface area contributed by atoms with Crippen LogP contribution >= 0.6 is 0 Å². The number of hydrogen-bond acceptors (Lipinski definition) is 2. The van der Waals surface area contributed by atoms with Gasteiger partial charge in [-0.05, 0) is 95.9 Å². The standard InChI is InChI=1S/C48H40N2/c1-2-34-4-3-33(1)9-13-37-17-25-41(26-18-37)45-46(42-27-19-38(14-10-34)20-28-42)50-48-44-31-23-40(24-32-44)16-12-36-7-5-35(6-8-36)11-15-39-21-29-43(30-22-39)47(48)49-45/h1-8,17-32H,9-16H2. The molecular weight excluding hydrogens is 605 g/mol. The number of rotatable bonds is 0. The summed E-state index contributed by atoms with van der Waals surface area (Å²) in [6, 6.07) is 54.5. The first kappa shape index (κ1) is 30.5. The average molecular weight is 645 g/mol. The quantitative estimate of drug-likeness (QED) is 0.164. The van der Waals surface area contributed by atoms with Crippen molar-refractivity contribution < 1.29 is 0 Å². The molecule has 7 aromatic rings. The lowest BCUT2D eigenvalue weighted by molar-refractivity contribution is 0.939. The lowest BCUT2D eigenvalue weighted by Gasteiger charge is -2.17. The minimum absolute atomic E-state index is 0.921. The SMILES string of the molecule is c1cc2ccc1CCc1ccc(cc1)-c1nc3c(nc1-c1ccc(cc1)CC2)-c1ccc(cc1)CCc1ccc(cc1)CCc1ccc-3cc1. The van der Waals surface area contributed by atoms with Gasteiger partial charge in [-0.15, -0.1) is 0 Å². The molecule has 0 radical (unpaired) electrons. The molecule has 10 aliphatic rings. The fraction of sp³-hybridized carbons (Fsp3) is 0.167. The highest BCUT2D eigenvalue weighted by atomic mass is 14.9. The summed E-state index contributed by atoms with van der Waals surface area (Å²) in [5.41, 5.74) is 18.9. The Morgan fingerprint density at radius 1 is 0.200 bits per heavy atom. The molecule has 0 N–H and O–H groups in total. The second kappa shape index (κ2) is 13.4. The molecule has 1 aromatic heterocycles. The van der Waals surface area contributed by atoms with Gasteiger partial charge in [0.2, 0.25) is 0 Å². The zero-order valence-electron chi connectivity index (χ0n) is 28.4. The Hall–Kier alpha value is -5.60. The fourth-order valence-electron chi connectivity index (χ4n) is 7.46. The highest BCUT2D eigenvalue weighted by molar-refractivity contribution is 5.86. The maximum absolute atomic E-state index is 5.56. The van der Waals surface area contributed by atoms with E-state index in [0.717, 1.165) is 96.4 Å². The predicted molar refractivity (Wildman–Crippen MR) is 206 cm³/mol. The molecule has 10 aliphatic carbocycles. The van der Waals surface area contributed by atoms with Crippen molar-refractivity contribution in [2.24, 2.45) is 0 Å². The number of hydrogen-bond donors (Lipinski definition) is 0. The van der Waals surface area contributed by atoms with Gasteiger partial charge in [0.15, 0.2) is 0 Å². The molecule has 50 heavy (non-hydrogen) atoms.